The number of hydrogen-bond donors (Lipinski definition) is 1. The van der Waals surface area contributed by atoms with Gasteiger partial charge in [0.15, 0.2) is 11.5 Å². The predicted molar refractivity (Wildman–Crippen MR) is 137 cm³/mol. The monoisotopic (exact) mass is 498 g/mol. The van der Waals surface area contributed by atoms with E-state index in [4.69, 9.17) is 9.47 Å². The summed E-state index contributed by atoms with van der Waals surface area (Å²) in [5.74, 6) is -1.22. The summed E-state index contributed by atoms with van der Waals surface area (Å²) in [4.78, 5) is 30.1. The molecule has 1 atom stereocenters. The Morgan fingerprint density at radius 3 is 2.36 bits per heavy atom. The maximum Gasteiger partial charge on any atom is 0.295 e. The van der Waals surface area contributed by atoms with E-state index in [9.17, 15) is 19.1 Å². The maximum atomic E-state index is 13.5. The number of methoxy groups -OCH3 is 1. The van der Waals surface area contributed by atoms with Gasteiger partial charge in [-0.2, -0.15) is 0 Å². The zero-order chi connectivity index (χ0) is 26.2. The second-order valence-corrected chi connectivity index (χ2v) is 8.64. The van der Waals surface area contributed by atoms with Crippen molar-refractivity contribution in [1.29, 1.82) is 0 Å². The molecule has 0 spiro atoms. The molecule has 0 aliphatic carbocycles. The number of halogens is 1. The second-order valence-electron chi connectivity index (χ2n) is 8.64. The molecule has 0 aromatic heterocycles. The first-order valence-electron chi connectivity index (χ1n) is 12.4. The first-order valence-corrected chi connectivity index (χ1v) is 12.4. The molecule has 8 heteroatoms. The van der Waals surface area contributed by atoms with Crippen LogP contribution >= 0.6 is 0 Å². The highest BCUT2D eigenvalue weighted by atomic mass is 19.1. The van der Waals surface area contributed by atoms with Crippen LogP contribution in [0.2, 0.25) is 0 Å². The minimum absolute atomic E-state index is 0.0290. The summed E-state index contributed by atoms with van der Waals surface area (Å²) in [5, 5.41) is 11.1. The minimum atomic E-state index is -0.819. The van der Waals surface area contributed by atoms with Crippen molar-refractivity contribution in [2.24, 2.45) is 0 Å². The quantitative estimate of drug-likeness (QED) is 0.258. The summed E-state index contributed by atoms with van der Waals surface area (Å²) >= 11 is 0. The zero-order valence-corrected chi connectivity index (χ0v) is 21.4. The van der Waals surface area contributed by atoms with Gasteiger partial charge in [-0.05, 0) is 74.4 Å². The highest BCUT2D eigenvalue weighted by molar-refractivity contribution is 6.46. The van der Waals surface area contributed by atoms with Crippen molar-refractivity contribution in [2.45, 2.75) is 39.7 Å². The van der Waals surface area contributed by atoms with Gasteiger partial charge in [0.1, 0.15) is 11.6 Å². The highest BCUT2D eigenvalue weighted by Gasteiger charge is 2.46. The fraction of sp³-hybridized carbons (Fsp3) is 0.429. The molecule has 1 amide bonds. The van der Waals surface area contributed by atoms with Crippen LogP contribution in [0.15, 0.2) is 48.0 Å². The Kier molecular flexibility index (Phi) is 9.47. The van der Waals surface area contributed by atoms with Crippen LogP contribution in [0.25, 0.3) is 5.76 Å². The van der Waals surface area contributed by atoms with Gasteiger partial charge in [-0.3, -0.25) is 9.59 Å². The van der Waals surface area contributed by atoms with Gasteiger partial charge in [0.05, 0.1) is 25.3 Å². The lowest BCUT2D eigenvalue weighted by atomic mass is 9.95. The number of nitrogens with zero attached hydrogens (tertiary/aromatic N) is 2. The Balaban J connectivity index is 2.07. The maximum absolute atomic E-state index is 13.5. The van der Waals surface area contributed by atoms with Crippen molar-refractivity contribution >= 4 is 17.4 Å². The van der Waals surface area contributed by atoms with Crippen molar-refractivity contribution in [1.82, 2.24) is 9.80 Å². The molecule has 36 heavy (non-hydrogen) atoms. The van der Waals surface area contributed by atoms with Gasteiger partial charge < -0.3 is 24.4 Å². The number of rotatable bonds is 12. The van der Waals surface area contributed by atoms with E-state index < -0.39 is 23.5 Å². The number of amides is 1. The van der Waals surface area contributed by atoms with E-state index in [0.29, 0.717) is 36.6 Å². The van der Waals surface area contributed by atoms with Gasteiger partial charge in [0, 0.05) is 12.1 Å². The summed E-state index contributed by atoms with van der Waals surface area (Å²) < 4.78 is 24.8. The Labute approximate surface area is 212 Å². The molecule has 1 fully saturated rings. The summed E-state index contributed by atoms with van der Waals surface area (Å²) in [6, 6.07) is 9.62. The lowest BCUT2D eigenvalue weighted by molar-refractivity contribution is -0.140. The summed E-state index contributed by atoms with van der Waals surface area (Å²) in [6.07, 6.45) is 1.49. The van der Waals surface area contributed by atoms with Crippen LogP contribution in [0.1, 0.15) is 50.8 Å². The average molecular weight is 499 g/mol. The van der Waals surface area contributed by atoms with Crippen molar-refractivity contribution in [3.63, 3.8) is 0 Å². The molecular weight excluding hydrogens is 463 g/mol. The standard InChI is InChI=1S/C28H35FN2O5/c1-5-17-36-22-14-11-20(18-23(22)35-4)25-24(26(32)19-9-12-21(29)13-10-19)27(33)28(34)31(25)16-8-15-30(6-2)7-3/h9-14,18,25,32H,5-8,15-17H2,1-4H3/b26-24+/t25-/m0/s1. The fourth-order valence-electron chi connectivity index (χ4n) is 4.41. The Morgan fingerprint density at radius 2 is 1.75 bits per heavy atom. The van der Waals surface area contributed by atoms with Crippen LogP contribution in [-0.2, 0) is 9.59 Å². The molecule has 2 aromatic carbocycles. The van der Waals surface area contributed by atoms with Crippen molar-refractivity contribution in [3.05, 3.63) is 65.0 Å². The Hall–Kier alpha value is -3.39. The molecule has 7 nitrogen and oxygen atoms in total. The van der Waals surface area contributed by atoms with Crippen molar-refractivity contribution in [2.75, 3.05) is 39.9 Å². The van der Waals surface area contributed by atoms with Crippen molar-refractivity contribution < 1.29 is 28.6 Å². The van der Waals surface area contributed by atoms with E-state index in [1.165, 1.54) is 36.3 Å². The minimum Gasteiger partial charge on any atom is -0.507 e. The number of aliphatic hydroxyl groups excluding tert-OH is 1. The molecule has 2 aromatic rings. The first-order chi connectivity index (χ1) is 17.4. The Bertz CT molecular complexity index is 1100. The van der Waals surface area contributed by atoms with E-state index in [1.54, 1.807) is 18.2 Å². The number of carbonyl (C=O) groups is 2. The molecule has 1 aliphatic heterocycles. The first kappa shape index (κ1) is 27.2. The van der Waals surface area contributed by atoms with Crippen LogP contribution in [0, 0.1) is 5.82 Å². The van der Waals surface area contributed by atoms with Gasteiger partial charge in [-0.1, -0.05) is 26.8 Å². The van der Waals surface area contributed by atoms with Gasteiger partial charge in [-0.15, -0.1) is 0 Å². The van der Waals surface area contributed by atoms with Crippen LogP contribution in [-0.4, -0.2) is 66.5 Å². The zero-order valence-electron chi connectivity index (χ0n) is 21.4. The topological polar surface area (TPSA) is 79.3 Å². The highest BCUT2D eigenvalue weighted by Crippen LogP contribution is 2.42. The smallest absolute Gasteiger partial charge is 0.295 e. The number of Topliss-reactive ketones (excluding diaryl/α,β-unsaturated/α-hetero) is 1. The van der Waals surface area contributed by atoms with Gasteiger partial charge in [0.25, 0.3) is 11.7 Å². The van der Waals surface area contributed by atoms with E-state index in [1.807, 2.05) is 6.92 Å². The van der Waals surface area contributed by atoms with Gasteiger partial charge in [-0.25, -0.2) is 4.39 Å². The molecule has 1 saturated heterocycles. The molecule has 194 valence electrons. The van der Waals surface area contributed by atoms with Crippen LogP contribution in [0.5, 0.6) is 11.5 Å². The normalized spacial score (nSPS) is 17.2. The predicted octanol–water partition coefficient (Wildman–Crippen LogP) is 4.78. The van der Waals surface area contributed by atoms with Crippen LogP contribution < -0.4 is 9.47 Å². The number of carbonyl (C=O) groups excluding carboxylic acids is 2. The molecule has 0 bridgehead atoms. The average Bonchev–Trinajstić information content (AvgIpc) is 3.14. The number of ketones is 1. The van der Waals surface area contributed by atoms with E-state index in [-0.39, 0.29) is 16.9 Å². The SMILES string of the molecule is CCCOc1ccc([C@H]2/C(=C(\O)c3ccc(F)cc3)C(=O)C(=O)N2CCCN(CC)CC)cc1OC. The molecule has 3 rings (SSSR count). The third kappa shape index (κ3) is 5.87. The molecule has 0 unspecified atom stereocenters. The van der Waals surface area contributed by atoms with Crippen LogP contribution in [0.4, 0.5) is 4.39 Å². The number of hydrogen-bond acceptors (Lipinski definition) is 6. The number of benzene rings is 2. The molecule has 1 N–H and O–H groups in total. The van der Waals surface area contributed by atoms with E-state index in [2.05, 4.69) is 18.7 Å². The fourth-order valence-corrected chi connectivity index (χ4v) is 4.41. The molecule has 0 saturated carbocycles. The summed E-state index contributed by atoms with van der Waals surface area (Å²) in [7, 11) is 1.53. The molecule has 1 aliphatic rings. The number of ether oxygens (including phenoxy) is 2. The van der Waals surface area contributed by atoms with Gasteiger partial charge in [0.2, 0.25) is 0 Å². The van der Waals surface area contributed by atoms with E-state index in [0.717, 1.165) is 26.1 Å². The summed E-state index contributed by atoms with van der Waals surface area (Å²) in [6.45, 7) is 9.56. The third-order valence-electron chi connectivity index (χ3n) is 6.39. The Morgan fingerprint density at radius 1 is 1.06 bits per heavy atom. The van der Waals surface area contributed by atoms with E-state index >= 15 is 0 Å². The van der Waals surface area contributed by atoms with Crippen molar-refractivity contribution in [3.8, 4) is 11.5 Å². The second kappa shape index (κ2) is 12.5. The largest absolute Gasteiger partial charge is 0.507 e. The molecular formula is C28H35FN2O5. The number of likely N-dealkylation sites (tertiary alicyclic amines) is 1. The number of aliphatic hydroxyl groups is 1. The van der Waals surface area contributed by atoms with Crippen LogP contribution in [0.3, 0.4) is 0 Å². The lowest BCUT2D eigenvalue weighted by Crippen LogP contribution is -2.33. The molecule has 0 radical (unpaired) electrons. The van der Waals surface area contributed by atoms with Gasteiger partial charge >= 0.3 is 0 Å². The summed E-state index contributed by atoms with van der Waals surface area (Å²) in [5.41, 5.74) is 0.845. The molecule has 1 heterocycles. The third-order valence-corrected chi connectivity index (χ3v) is 6.39. The lowest BCUT2D eigenvalue weighted by Gasteiger charge is -2.27.